The summed E-state index contributed by atoms with van der Waals surface area (Å²) in [6, 6.07) is 19.9. The van der Waals surface area contributed by atoms with Gasteiger partial charge >= 0.3 is 5.97 Å². The second kappa shape index (κ2) is 8.85. The summed E-state index contributed by atoms with van der Waals surface area (Å²) in [5.41, 5.74) is 1.24. The van der Waals surface area contributed by atoms with Crippen LogP contribution in [0.3, 0.4) is 0 Å². The van der Waals surface area contributed by atoms with Gasteiger partial charge in [0.25, 0.3) is 0 Å². The van der Waals surface area contributed by atoms with Gasteiger partial charge < -0.3 is 23.9 Å². The van der Waals surface area contributed by atoms with Crippen LogP contribution in [0.1, 0.15) is 15.9 Å². The zero-order chi connectivity index (χ0) is 22.7. The van der Waals surface area contributed by atoms with Crippen molar-refractivity contribution in [3.05, 3.63) is 94.3 Å². The van der Waals surface area contributed by atoms with Crippen LogP contribution in [-0.4, -0.2) is 29.9 Å². The fourth-order valence-corrected chi connectivity index (χ4v) is 3.48. The monoisotopic (exact) mass is 431 g/mol. The third kappa shape index (κ3) is 4.00. The molecule has 0 aliphatic rings. The Labute approximate surface area is 184 Å². The third-order valence-electron chi connectivity index (χ3n) is 5.10. The molecule has 0 saturated heterocycles. The zero-order valence-corrected chi connectivity index (χ0v) is 17.6. The van der Waals surface area contributed by atoms with E-state index in [1.165, 1.54) is 20.4 Å². The fourth-order valence-electron chi connectivity index (χ4n) is 3.48. The molecule has 0 radical (unpaired) electrons. The molecule has 0 aliphatic heterocycles. The lowest BCUT2D eigenvalue weighted by molar-refractivity contribution is 0.0695. The van der Waals surface area contributed by atoms with Gasteiger partial charge in [0.2, 0.25) is 5.43 Å². The van der Waals surface area contributed by atoms with E-state index in [9.17, 15) is 14.7 Å². The average molecular weight is 431 g/mol. The van der Waals surface area contributed by atoms with E-state index in [1.807, 2.05) is 30.3 Å². The van der Waals surface area contributed by atoms with Crippen LogP contribution in [0.15, 0.2) is 77.7 Å². The molecular formula is C25H21NO6. The maximum Gasteiger partial charge on any atom is 0.341 e. The Kier molecular flexibility index (Phi) is 5.81. The van der Waals surface area contributed by atoms with Crippen LogP contribution in [0.25, 0.3) is 16.6 Å². The van der Waals surface area contributed by atoms with Crippen molar-refractivity contribution in [2.24, 2.45) is 0 Å². The minimum atomic E-state index is -1.30. The number of carboxylic acid groups (broad SMARTS) is 1. The summed E-state index contributed by atoms with van der Waals surface area (Å²) in [7, 11) is 3.05. The predicted molar refractivity (Wildman–Crippen MR) is 120 cm³/mol. The Bertz CT molecular complexity index is 1340. The summed E-state index contributed by atoms with van der Waals surface area (Å²) in [5.74, 6) is 0.269. The first-order chi connectivity index (χ1) is 15.5. The standard InChI is InChI=1S/C25H21NO6/c1-30-22-11-8-17(12-23(22)31-2)26-14-20(25(28)29)24(27)19-10-9-18(13-21(19)26)32-15-16-6-4-3-5-7-16/h3-14H,15H2,1-2H3,(H,28,29). The SMILES string of the molecule is COc1ccc(-n2cc(C(=O)O)c(=O)c3ccc(OCc4ccccc4)cc32)cc1OC. The van der Waals surface area contributed by atoms with Gasteiger partial charge in [-0.25, -0.2) is 4.79 Å². The van der Waals surface area contributed by atoms with Crippen LogP contribution < -0.4 is 19.6 Å². The molecule has 1 N–H and O–H groups in total. The molecule has 0 bridgehead atoms. The number of hydrogen-bond donors (Lipinski definition) is 1. The van der Waals surface area contributed by atoms with Gasteiger partial charge in [-0.05, 0) is 29.8 Å². The van der Waals surface area contributed by atoms with Gasteiger partial charge in [0.15, 0.2) is 11.5 Å². The van der Waals surface area contributed by atoms with E-state index < -0.39 is 11.4 Å². The van der Waals surface area contributed by atoms with Crippen LogP contribution in [-0.2, 0) is 6.61 Å². The molecule has 0 unspecified atom stereocenters. The highest BCUT2D eigenvalue weighted by Gasteiger charge is 2.17. The molecule has 4 rings (SSSR count). The number of carbonyl (C=O) groups is 1. The Morgan fingerprint density at radius 1 is 0.938 bits per heavy atom. The van der Waals surface area contributed by atoms with E-state index in [0.29, 0.717) is 35.1 Å². The van der Waals surface area contributed by atoms with Crippen molar-refractivity contribution in [1.82, 2.24) is 4.57 Å². The van der Waals surface area contributed by atoms with Crippen molar-refractivity contribution in [3.63, 3.8) is 0 Å². The number of rotatable bonds is 7. The molecule has 0 amide bonds. The van der Waals surface area contributed by atoms with Crippen molar-refractivity contribution < 1.29 is 24.1 Å². The van der Waals surface area contributed by atoms with Crippen molar-refractivity contribution in [1.29, 1.82) is 0 Å². The van der Waals surface area contributed by atoms with E-state index in [-0.39, 0.29) is 10.9 Å². The Morgan fingerprint density at radius 3 is 2.38 bits per heavy atom. The minimum absolute atomic E-state index is 0.270. The molecular weight excluding hydrogens is 410 g/mol. The van der Waals surface area contributed by atoms with Crippen LogP contribution >= 0.6 is 0 Å². The molecule has 32 heavy (non-hydrogen) atoms. The first-order valence-corrected chi connectivity index (χ1v) is 9.83. The predicted octanol–water partition coefficient (Wildman–Crippen LogP) is 4.29. The number of hydrogen-bond acceptors (Lipinski definition) is 5. The largest absolute Gasteiger partial charge is 0.493 e. The van der Waals surface area contributed by atoms with Crippen LogP contribution in [0, 0.1) is 0 Å². The molecule has 0 saturated carbocycles. The fraction of sp³-hybridized carbons (Fsp3) is 0.120. The number of benzene rings is 3. The van der Waals surface area contributed by atoms with Gasteiger partial charge in [0.1, 0.15) is 17.9 Å². The summed E-state index contributed by atoms with van der Waals surface area (Å²) in [6.45, 7) is 0.361. The lowest BCUT2D eigenvalue weighted by Gasteiger charge is -2.16. The Balaban J connectivity index is 1.86. The molecule has 7 nitrogen and oxygen atoms in total. The van der Waals surface area contributed by atoms with Gasteiger partial charge in [-0.3, -0.25) is 4.79 Å². The average Bonchev–Trinajstić information content (AvgIpc) is 2.83. The summed E-state index contributed by atoms with van der Waals surface area (Å²) in [5, 5.41) is 9.83. The van der Waals surface area contributed by atoms with Crippen LogP contribution in [0.4, 0.5) is 0 Å². The topological polar surface area (TPSA) is 87.0 Å². The van der Waals surface area contributed by atoms with Crippen LogP contribution in [0.2, 0.25) is 0 Å². The van der Waals surface area contributed by atoms with E-state index in [4.69, 9.17) is 14.2 Å². The molecule has 4 aromatic rings. The maximum absolute atomic E-state index is 12.8. The van der Waals surface area contributed by atoms with Gasteiger partial charge in [-0.2, -0.15) is 0 Å². The van der Waals surface area contributed by atoms with Gasteiger partial charge in [0, 0.05) is 29.4 Å². The highest BCUT2D eigenvalue weighted by molar-refractivity contribution is 5.93. The van der Waals surface area contributed by atoms with Crippen molar-refractivity contribution in [2.45, 2.75) is 6.61 Å². The van der Waals surface area contributed by atoms with E-state index in [1.54, 1.807) is 41.0 Å². The first-order valence-electron chi connectivity index (χ1n) is 9.83. The molecule has 7 heteroatoms. The number of methoxy groups -OCH3 is 2. The minimum Gasteiger partial charge on any atom is -0.493 e. The van der Waals surface area contributed by atoms with Crippen LogP contribution in [0.5, 0.6) is 17.2 Å². The Morgan fingerprint density at radius 2 is 1.69 bits per heavy atom. The summed E-state index contributed by atoms with van der Waals surface area (Å²) in [6.07, 6.45) is 1.31. The molecule has 0 spiro atoms. The second-order valence-corrected chi connectivity index (χ2v) is 7.04. The second-order valence-electron chi connectivity index (χ2n) is 7.04. The maximum atomic E-state index is 12.8. The summed E-state index contributed by atoms with van der Waals surface area (Å²) in [4.78, 5) is 24.5. The van der Waals surface area contributed by atoms with Crippen molar-refractivity contribution in [3.8, 4) is 22.9 Å². The number of nitrogens with zero attached hydrogens (tertiary/aromatic N) is 1. The molecule has 162 valence electrons. The number of aromatic nitrogens is 1. The number of aromatic carboxylic acids is 1. The van der Waals surface area contributed by atoms with Crippen molar-refractivity contribution in [2.75, 3.05) is 14.2 Å². The zero-order valence-electron chi connectivity index (χ0n) is 17.6. The van der Waals surface area contributed by atoms with E-state index in [0.717, 1.165) is 5.56 Å². The highest BCUT2D eigenvalue weighted by Crippen LogP contribution is 2.31. The quantitative estimate of drug-likeness (QED) is 0.470. The number of fused-ring (bicyclic) bond motifs is 1. The van der Waals surface area contributed by atoms with E-state index in [2.05, 4.69) is 0 Å². The molecule has 0 aliphatic carbocycles. The molecule has 3 aromatic carbocycles. The van der Waals surface area contributed by atoms with Gasteiger partial charge in [-0.15, -0.1) is 0 Å². The highest BCUT2D eigenvalue weighted by atomic mass is 16.5. The number of ether oxygens (including phenoxy) is 3. The normalized spacial score (nSPS) is 10.7. The van der Waals surface area contributed by atoms with Gasteiger partial charge in [-0.1, -0.05) is 30.3 Å². The van der Waals surface area contributed by atoms with Gasteiger partial charge in [0.05, 0.1) is 19.7 Å². The first kappa shape index (κ1) is 21.0. The van der Waals surface area contributed by atoms with Crippen molar-refractivity contribution >= 4 is 16.9 Å². The van der Waals surface area contributed by atoms with E-state index >= 15 is 0 Å². The summed E-state index contributed by atoms with van der Waals surface area (Å²) >= 11 is 0. The third-order valence-corrected chi connectivity index (χ3v) is 5.10. The molecule has 0 atom stereocenters. The molecule has 0 fully saturated rings. The Hall–Kier alpha value is -4.26. The summed E-state index contributed by atoms with van der Waals surface area (Å²) < 4.78 is 18.2. The number of carboxylic acids is 1. The lowest BCUT2D eigenvalue weighted by Crippen LogP contribution is -2.18. The molecule has 1 heterocycles. The lowest BCUT2D eigenvalue weighted by atomic mass is 10.1. The smallest absolute Gasteiger partial charge is 0.341 e. The molecule has 1 aromatic heterocycles. The number of pyridine rings is 1.